The van der Waals surface area contributed by atoms with Gasteiger partial charge in [-0.15, -0.1) is 21.5 Å². The number of nitrogens with zero attached hydrogens (tertiary/aromatic N) is 4. The second-order valence-electron chi connectivity index (χ2n) is 6.80. The maximum absolute atomic E-state index is 13.1. The number of anilines is 2. The highest BCUT2D eigenvalue weighted by Gasteiger charge is 2.22. The summed E-state index contributed by atoms with van der Waals surface area (Å²) in [4.78, 5) is 52.4. The highest BCUT2D eigenvalue weighted by molar-refractivity contribution is 8.01. The molecule has 2 amide bonds. The quantitative estimate of drug-likeness (QED) is 0.0966. The summed E-state index contributed by atoms with van der Waals surface area (Å²) in [6.07, 6.45) is 1.58. The highest BCUT2D eigenvalue weighted by Crippen LogP contribution is 2.28. The first-order chi connectivity index (χ1) is 17.3. The maximum Gasteiger partial charge on any atom is 0.288 e. The van der Waals surface area contributed by atoms with Crippen molar-refractivity contribution >= 4 is 79.6 Å². The molecule has 2 N–H and O–H groups in total. The zero-order valence-electron chi connectivity index (χ0n) is 17.8. The van der Waals surface area contributed by atoms with Crippen molar-refractivity contribution in [1.29, 1.82) is 0 Å². The van der Waals surface area contributed by atoms with E-state index in [9.17, 15) is 24.5 Å². The fourth-order valence-corrected chi connectivity index (χ4v) is 5.16. The molecule has 0 bridgehead atoms. The van der Waals surface area contributed by atoms with Crippen LogP contribution in [0.25, 0.3) is 0 Å². The van der Waals surface area contributed by atoms with Gasteiger partial charge in [0.2, 0.25) is 11.0 Å². The van der Waals surface area contributed by atoms with E-state index in [4.69, 9.17) is 11.6 Å². The molecule has 2 aromatic carbocycles. The van der Waals surface area contributed by atoms with Gasteiger partial charge in [0.05, 0.1) is 16.2 Å². The van der Waals surface area contributed by atoms with Crippen molar-refractivity contribution in [2.45, 2.75) is 4.34 Å². The lowest BCUT2D eigenvalue weighted by Gasteiger charge is -2.08. The van der Waals surface area contributed by atoms with E-state index in [0.717, 1.165) is 29.2 Å². The Kier molecular flexibility index (Phi) is 8.00. The number of carbonyl (C=O) groups excluding carboxylic acids is 3. The lowest BCUT2D eigenvalue weighted by atomic mass is 9.97. The van der Waals surface area contributed by atoms with E-state index < -0.39 is 22.3 Å². The maximum atomic E-state index is 13.1. The van der Waals surface area contributed by atoms with Crippen molar-refractivity contribution in [3.63, 3.8) is 0 Å². The highest BCUT2D eigenvalue weighted by atomic mass is 35.5. The number of halogens is 1. The number of hydrogen-bond donors (Lipinski definition) is 2. The average Bonchev–Trinajstić information content (AvgIpc) is 3.54. The molecular formula is C21H13ClN6O5S3. The number of nitrogens with one attached hydrogen (secondary N) is 2. The van der Waals surface area contributed by atoms with Gasteiger partial charge in [-0.1, -0.05) is 52.9 Å². The van der Waals surface area contributed by atoms with Crippen LogP contribution in [-0.2, 0) is 4.79 Å². The monoisotopic (exact) mass is 560 g/mol. The van der Waals surface area contributed by atoms with Crippen LogP contribution < -0.4 is 10.6 Å². The number of thiazole rings is 1. The molecule has 0 radical (unpaired) electrons. The summed E-state index contributed by atoms with van der Waals surface area (Å²) < 4.78 is 0.456. The van der Waals surface area contributed by atoms with Crippen molar-refractivity contribution in [3.8, 4) is 0 Å². The number of thioether (sulfide) groups is 1. The Morgan fingerprint density at radius 2 is 1.83 bits per heavy atom. The van der Waals surface area contributed by atoms with E-state index in [0.29, 0.717) is 9.47 Å². The van der Waals surface area contributed by atoms with Gasteiger partial charge in [0, 0.05) is 28.8 Å². The van der Waals surface area contributed by atoms with Crippen molar-refractivity contribution in [1.82, 2.24) is 15.2 Å². The Bertz CT molecular complexity index is 1460. The molecule has 182 valence electrons. The Hall–Kier alpha value is -3.72. The van der Waals surface area contributed by atoms with Gasteiger partial charge >= 0.3 is 0 Å². The number of amides is 2. The number of carbonyl (C=O) groups is 3. The molecule has 0 atom stereocenters. The van der Waals surface area contributed by atoms with Gasteiger partial charge in [-0.25, -0.2) is 4.98 Å². The minimum Gasteiger partial charge on any atom is -0.301 e. The molecule has 11 nitrogen and oxygen atoms in total. The van der Waals surface area contributed by atoms with E-state index in [1.54, 1.807) is 23.7 Å². The largest absolute Gasteiger partial charge is 0.301 e. The van der Waals surface area contributed by atoms with Gasteiger partial charge < -0.3 is 5.32 Å². The molecule has 0 aliphatic carbocycles. The predicted octanol–water partition coefficient (Wildman–Crippen LogP) is 4.77. The van der Waals surface area contributed by atoms with Crippen LogP contribution in [0.3, 0.4) is 0 Å². The van der Waals surface area contributed by atoms with Crippen LogP contribution in [0.5, 0.6) is 0 Å². The fraction of sp³-hybridized carbons (Fsp3) is 0.0476. The SMILES string of the molecule is O=C(CSc1nnc(NC(=O)c2ccccc2C(=O)c2ccc(Cl)c([N+](=O)[O-])c2)s1)Nc1nccs1. The second-order valence-corrected chi connectivity index (χ2v) is 10.3. The Balaban J connectivity index is 1.44. The molecule has 0 aliphatic heterocycles. The molecule has 4 rings (SSSR count). The Labute approximate surface area is 220 Å². The van der Waals surface area contributed by atoms with Gasteiger partial charge in [0.15, 0.2) is 15.3 Å². The number of nitro benzene ring substituents is 1. The number of hydrogen-bond acceptors (Lipinski definition) is 11. The van der Waals surface area contributed by atoms with Crippen LogP contribution in [-0.4, -0.2) is 43.5 Å². The lowest BCUT2D eigenvalue weighted by Crippen LogP contribution is -2.17. The molecule has 36 heavy (non-hydrogen) atoms. The lowest BCUT2D eigenvalue weighted by molar-refractivity contribution is -0.384. The summed E-state index contributed by atoms with van der Waals surface area (Å²) in [5.41, 5.74) is -0.308. The summed E-state index contributed by atoms with van der Waals surface area (Å²) in [5.74, 6) is -1.38. The van der Waals surface area contributed by atoms with Crippen molar-refractivity contribution in [3.05, 3.63) is 85.9 Å². The normalized spacial score (nSPS) is 10.6. The van der Waals surface area contributed by atoms with Gasteiger partial charge in [0.1, 0.15) is 5.02 Å². The van der Waals surface area contributed by atoms with Crippen LogP contribution in [0, 0.1) is 10.1 Å². The van der Waals surface area contributed by atoms with E-state index >= 15 is 0 Å². The molecule has 2 heterocycles. The van der Waals surface area contributed by atoms with E-state index in [2.05, 4.69) is 25.8 Å². The molecule has 15 heteroatoms. The third-order valence-electron chi connectivity index (χ3n) is 4.45. The first-order valence-electron chi connectivity index (χ1n) is 9.86. The Morgan fingerprint density at radius 1 is 1.06 bits per heavy atom. The van der Waals surface area contributed by atoms with E-state index in [1.165, 1.54) is 35.6 Å². The van der Waals surface area contributed by atoms with E-state index in [1.807, 2.05) is 0 Å². The minimum absolute atomic E-state index is 0.0111. The number of ketones is 1. The molecule has 0 unspecified atom stereocenters. The molecule has 0 fully saturated rings. The Morgan fingerprint density at radius 3 is 2.56 bits per heavy atom. The van der Waals surface area contributed by atoms with Crippen LogP contribution in [0.4, 0.5) is 16.0 Å². The van der Waals surface area contributed by atoms with Crippen LogP contribution in [0.15, 0.2) is 58.4 Å². The summed E-state index contributed by atoms with van der Waals surface area (Å²) >= 11 is 9.34. The first kappa shape index (κ1) is 25.4. The third-order valence-corrected chi connectivity index (χ3v) is 7.43. The number of aromatic nitrogens is 3. The standard InChI is InChI=1S/C21H13ClN6O5S3/c22-14-6-5-11(9-15(14)28(32)33)17(30)12-3-1-2-4-13(12)18(31)25-20-26-27-21(36-20)35-10-16(29)24-19-23-7-8-34-19/h1-9H,10H2,(H,23,24,29)(H,25,26,31). The van der Waals surface area contributed by atoms with Gasteiger partial charge in [0.25, 0.3) is 11.6 Å². The summed E-state index contributed by atoms with van der Waals surface area (Å²) in [6.45, 7) is 0. The van der Waals surface area contributed by atoms with Crippen LogP contribution in [0.1, 0.15) is 26.3 Å². The molecule has 0 saturated carbocycles. The van der Waals surface area contributed by atoms with E-state index in [-0.39, 0.29) is 38.5 Å². The molecule has 0 spiro atoms. The zero-order chi connectivity index (χ0) is 25.7. The third kappa shape index (κ3) is 6.09. The van der Waals surface area contributed by atoms with Crippen LogP contribution >= 0.6 is 46.0 Å². The summed E-state index contributed by atoms with van der Waals surface area (Å²) in [5, 5.41) is 26.6. The zero-order valence-corrected chi connectivity index (χ0v) is 21.0. The van der Waals surface area contributed by atoms with Gasteiger partial charge in [-0.2, -0.15) is 0 Å². The van der Waals surface area contributed by atoms with Crippen LogP contribution in [0.2, 0.25) is 5.02 Å². The molecule has 2 aromatic heterocycles. The summed E-state index contributed by atoms with van der Waals surface area (Å²) in [7, 11) is 0. The predicted molar refractivity (Wildman–Crippen MR) is 137 cm³/mol. The van der Waals surface area contributed by atoms with Crippen molar-refractivity contribution in [2.75, 3.05) is 16.4 Å². The topological polar surface area (TPSA) is 157 Å². The van der Waals surface area contributed by atoms with Gasteiger partial charge in [-0.3, -0.25) is 29.8 Å². The molecule has 4 aromatic rings. The molecule has 0 aliphatic rings. The summed E-state index contributed by atoms with van der Waals surface area (Å²) in [6, 6.07) is 9.73. The van der Waals surface area contributed by atoms with Gasteiger partial charge in [-0.05, 0) is 18.2 Å². The number of rotatable bonds is 9. The smallest absolute Gasteiger partial charge is 0.288 e. The second kappa shape index (κ2) is 11.3. The number of benzene rings is 2. The van der Waals surface area contributed by atoms with Crippen molar-refractivity contribution in [2.24, 2.45) is 0 Å². The average molecular weight is 561 g/mol. The minimum atomic E-state index is -0.689. The molecular weight excluding hydrogens is 548 g/mol. The first-order valence-corrected chi connectivity index (χ1v) is 12.9. The van der Waals surface area contributed by atoms with Crippen molar-refractivity contribution < 1.29 is 19.3 Å². The molecule has 0 saturated heterocycles. The number of nitro groups is 1. The fourth-order valence-electron chi connectivity index (χ4n) is 2.88.